The summed E-state index contributed by atoms with van der Waals surface area (Å²) in [5.41, 5.74) is 5.30. The number of carboxylic acid groups (broad SMARTS) is 2. The highest BCUT2D eigenvalue weighted by molar-refractivity contribution is 5.86. The van der Waals surface area contributed by atoms with E-state index in [0.717, 1.165) is 0 Å². The van der Waals surface area contributed by atoms with Crippen molar-refractivity contribution in [3.8, 4) is 0 Å². The van der Waals surface area contributed by atoms with Crippen LogP contribution >= 0.6 is 0 Å². The summed E-state index contributed by atoms with van der Waals surface area (Å²) in [6.07, 6.45) is 0.417. The second-order valence-electron chi connectivity index (χ2n) is 4.69. The van der Waals surface area contributed by atoms with Crippen molar-refractivity contribution in [3.63, 3.8) is 0 Å². The van der Waals surface area contributed by atoms with Crippen LogP contribution in [0, 0.1) is 0 Å². The number of hydrogen-bond donors (Lipinski definition) is 6. The molecule has 0 aromatic carbocycles. The summed E-state index contributed by atoms with van der Waals surface area (Å²) in [6, 6.07) is -3.60. The highest BCUT2D eigenvalue weighted by Gasteiger charge is 2.25. The number of unbranched alkanes of at least 4 members (excludes halogenated alkanes) is 1. The van der Waals surface area contributed by atoms with E-state index in [1.807, 2.05) is 5.32 Å². The predicted molar refractivity (Wildman–Crippen MR) is 75.4 cm³/mol. The number of carboxylic acids is 2. The molecule has 0 aliphatic heterocycles. The van der Waals surface area contributed by atoms with Crippen LogP contribution in [0.1, 0.15) is 32.1 Å². The topological polar surface area (TPSA) is 188 Å². The molecule has 0 aromatic heterocycles. The van der Waals surface area contributed by atoms with Gasteiger partial charge < -0.3 is 26.6 Å². The molecular weight excluding hydrogens is 314 g/mol. The zero-order chi connectivity index (χ0) is 17.8. The minimum atomic E-state index is -1.43. The van der Waals surface area contributed by atoms with Crippen LogP contribution in [0.5, 0.6) is 0 Å². The molecule has 0 spiro atoms. The molecule has 11 heteroatoms. The Labute approximate surface area is 131 Å². The second kappa shape index (κ2) is 11.2. The highest BCUT2D eigenvalue weighted by atomic mass is 17.1. The van der Waals surface area contributed by atoms with Gasteiger partial charge in [0.05, 0.1) is 0 Å². The molecule has 0 fully saturated rings. The van der Waals surface area contributed by atoms with Gasteiger partial charge in [-0.25, -0.2) is 14.4 Å². The third-order valence-electron chi connectivity index (χ3n) is 2.88. The van der Waals surface area contributed by atoms with Gasteiger partial charge in [0.15, 0.2) is 0 Å². The van der Waals surface area contributed by atoms with Gasteiger partial charge in [-0.2, -0.15) is 5.26 Å². The first-order valence-corrected chi connectivity index (χ1v) is 6.88. The van der Waals surface area contributed by atoms with E-state index in [2.05, 4.69) is 10.2 Å². The molecule has 132 valence electrons. The van der Waals surface area contributed by atoms with Crippen molar-refractivity contribution in [2.75, 3.05) is 6.54 Å². The lowest BCUT2D eigenvalue weighted by molar-refractivity contribution is -0.236. The molecule has 0 radical (unpaired) electrons. The molecule has 0 bridgehead atoms. The molecule has 7 N–H and O–H groups in total. The van der Waals surface area contributed by atoms with Gasteiger partial charge >= 0.3 is 23.9 Å². The predicted octanol–water partition coefficient (Wildman–Crippen LogP) is -0.883. The minimum absolute atomic E-state index is 0.136. The van der Waals surface area contributed by atoms with Crippen LogP contribution in [0.3, 0.4) is 0 Å². The van der Waals surface area contributed by atoms with Crippen molar-refractivity contribution in [2.24, 2.45) is 5.73 Å². The molecule has 0 aromatic rings. The van der Waals surface area contributed by atoms with Gasteiger partial charge in [0.2, 0.25) is 0 Å². The standard InChI is InChI=1S/C12H21N3O8/c13-6-2-1-3-8(11(20)23-22)15-12(21)14-7(10(18)19)4-5-9(16)17/h7-8,22H,1-6,13H2,(H,16,17)(H,18,19)(H2,14,15,21). The van der Waals surface area contributed by atoms with Crippen LogP contribution in [0.15, 0.2) is 0 Å². The third-order valence-corrected chi connectivity index (χ3v) is 2.88. The average molecular weight is 335 g/mol. The number of nitrogens with one attached hydrogen (secondary N) is 2. The number of urea groups is 1. The molecule has 2 unspecified atom stereocenters. The highest BCUT2D eigenvalue weighted by Crippen LogP contribution is 2.03. The van der Waals surface area contributed by atoms with E-state index < -0.39 is 42.4 Å². The number of carbonyl (C=O) groups excluding carboxylic acids is 2. The smallest absolute Gasteiger partial charge is 0.364 e. The van der Waals surface area contributed by atoms with Gasteiger partial charge in [0.1, 0.15) is 12.1 Å². The lowest BCUT2D eigenvalue weighted by Gasteiger charge is -2.18. The maximum Gasteiger partial charge on any atom is 0.364 e. The van der Waals surface area contributed by atoms with Crippen LogP contribution in [-0.4, -0.2) is 58.0 Å². The van der Waals surface area contributed by atoms with Crippen molar-refractivity contribution in [2.45, 2.75) is 44.2 Å². The third kappa shape index (κ3) is 9.26. The van der Waals surface area contributed by atoms with E-state index in [-0.39, 0.29) is 12.8 Å². The molecule has 0 aliphatic carbocycles. The van der Waals surface area contributed by atoms with Crippen LogP contribution in [0.25, 0.3) is 0 Å². The maximum atomic E-state index is 11.7. The fourth-order valence-corrected chi connectivity index (χ4v) is 1.69. The Morgan fingerprint density at radius 3 is 2.09 bits per heavy atom. The van der Waals surface area contributed by atoms with E-state index in [1.54, 1.807) is 0 Å². The van der Waals surface area contributed by atoms with Gasteiger partial charge in [-0.1, -0.05) is 0 Å². The SMILES string of the molecule is NCCCCC(NC(=O)NC(CCC(=O)O)C(=O)O)C(=O)OO. The Morgan fingerprint density at radius 1 is 1.00 bits per heavy atom. The Balaban J connectivity index is 4.59. The quantitative estimate of drug-likeness (QED) is 0.158. The summed E-state index contributed by atoms with van der Waals surface area (Å²) in [5.74, 6) is -3.72. The number of hydrogen-bond acceptors (Lipinski definition) is 7. The average Bonchev–Trinajstić information content (AvgIpc) is 2.49. The first-order valence-electron chi connectivity index (χ1n) is 6.88. The lowest BCUT2D eigenvalue weighted by atomic mass is 10.1. The minimum Gasteiger partial charge on any atom is -0.481 e. The monoisotopic (exact) mass is 335 g/mol. The van der Waals surface area contributed by atoms with E-state index in [1.165, 1.54) is 0 Å². The maximum absolute atomic E-state index is 11.7. The van der Waals surface area contributed by atoms with E-state index in [4.69, 9.17) is 21.2 Å². The molecule has 23 heavy (non-hydrogen) atoms. The van der Waals surface area contributed by atoms with Gasteiger partial charge in [-0.3, -0.25) is 9.68 Å². The zero-order valence-electron chi connectivity index (χ0n) is 12.4. The van der Waals surface area contributed by atoms with Crippen LogP contribution in [-0.2, 0) is 19.3 Å². The number of carbonyl (C=O) groups is 4. The number of amides is 2. The summed E-state index contributed by atoms with van der Waals surface area (Å²) in [6.45, 7) is 0.378. The molecule has 0 heterocycles. The first kappa shape index (κ1) is 20.6. The molecular formula is C12H21N3O8. The van der Waals surface area contributed by atoms with Gasteiger partial charge in [-0.05, 0) is 32.2 Å². The molecule has 0 aliphatic rings. The van der Waals surface area contributed by atoms with Gasteiger partial charge in [0.25, 0.3) is 0 Å². The normalized spacial score (nSPS) is 12.8. The van der Waals surface area contributed by atoms with Crippen molar-refractivity contribution in [1.82, 2.24) is 10.6 Å². The molecule has 0 rings (SSSR count). The number of rotatable bonds is 11. The number of aliphatic carboxylic acids is 2. The Hall–Kier alpha value is -2.40. The fourth-order valence-electron chi connectivity index (χ4n) is 1.69. The summed E-state index contributed by atoms with van der Waals surface area (Å²) in [5, 5.41) is 30.0. The van der Waals surface area contributed by atoms with Gasteiger partial charge in [0, 0.05) is 6.42 Å². The van der Waals surface area contributed by atoms with Crippen molar-refractivity contribution in [3.05, 3.63) is 0 Å². The van der Waals surface area contributed by atoms with E-state index >= 15 is 0 Å². The zero-order valence-corrected chi connectivity index (χ0v) is 12.4. The van der Waals surface area contributed by atoms with Crippen LogP contribution in [0.2, 0.25) is 0 Å². The van der Waals surface area contributed by atoms with Crippen LogP contribution in [0.4, 0.5) is 4.79 Å². The van der Waals surface area contributed by atoms with E-state index in [0.29, 0.717) is 19.4 Å². The lowest BCUT2D eigenvalue weighted by Crippen LogP contribution is -2.51. The Morgan fingerprint density at radius 2 is 1.61 bits per heavy atom. The Bertz CT molecular complexity index is 429. The summed E-state index contributed by atoms with van der Waals surface area (Å²) in [4.78, 5) is 48.0. The molecule has 2 amide bonds. The summed E-state index contributed by atoms with van der Waals surface area (Å²) in [7, 11) is 0. The second-order valence-corrected chi connectivity index (χ2v) is 4.69. The van der Waals surface area contributed by atoms with Crippen molar-refractivity contribution < 1.29 is 39.5 Å². The van der Waals surface area contributed by atoms with Crippen molar-refractivity contribution >= 4 is 23.9 Å². The number of nitrogens with two attached hydrogens (primary N) is 1. The molecule has 2 atom stereocenters. The van der Waals surface area contributed by atoms with Crippen molar-refractivity contribution in [1.29, 1.82) is 0 Å². The molecule has 0 saturated heterocycles. The van der Waals surface area contributed by atoms with E-state index in [9.17, 15) is 19.2 Å². The Kier molecular flexibility index (Phi) is 10.0. The van der Waals surface area contributed by atoms with Crippen LogP contribution < -0.4 is 16.4 Å². The fraction of sp³-hybridized carbons (Fsp3) is 0.667. The summed E-state index contributed by atoms with van der Waals surface area (Å²) >= 11 is 0. The molecule has 0 saturated carbocycles. The molecule has 11 nitrogen and oxygen atoms in total. The summed E-state index contributed by atoms with van der Waals surface area (Å²) < 4.78 is 0. The van der Waals surface area contributed by atoms with Gasteiger partial charge in [-0.15, -0.1) is 0 Å². The largest absolute Gasteiger partial charge is 0.481 e. The first-order chi connectivity index (χ1) is 10.8.